The molecule has 11 heteroatoms. The molecule has 0 fully saturated rings. The number of unbranched alkanes of at least 4 members (excludes halogenated alkanes) is 1. The van der Waals surface area contributed by atoms with Crippen LogP contribution in [0.3, 0.4) is 0 Å². The molecule has 0 saturated carbocycles. The highest BCUT2D eigenvalue weighted by molar-refractivity contribution is 6.12. The van der Waals surface area contributed by atoms with Gasteiger partial charge in [0.15, 0.2) is 0 Å². The number of esters is 1. The maximum atomic E-state index is 14.2. The third kappa shape index (κ3) is 10.5. The minimum absolute atomic E-state index is 0.0448. The van der Waals surface area contributed by atoms with Crippen LogP contribution >= 0.6 is 0 Å². The second-order valence-electron chi connectivity index (χ2n) is 12.4. The summed E-state index contributed by atoms with van der Waals surface area (Å²) in [5, 5.41) is 34.1. The van der Waals surface area contributed by atoms with Crippen LogP contribution in [0.1, 0.15) is 73.5 Å². The van der Waals surface area contributed by atoms with Gasteiger partial charge >= 0.3 is 5.97 Å². The van der Waals surface area contributed by atoms with Gasteiger partial charge < -0.3 is 29.7 Å². The third-order valence-electron chi connectivity index (χ3n) is 8.13. The molecule has 2 unspecified atom stereocenters. The van der Waals surface area contributed by atoms with Crippen LogP contribution in [0.2, 0.25) is 0 Å². The number of nitrogens with one attached hydrogen (secondary N) is 1. The standard InChI is InChI=1S/C38H45N3O8/c1-26(2)36-35(38(45)39-30-14-8-5-9-15-30)34(28-12-6-4-7-13-28)37(29-18-16-27(3)17-19-29)40(36)21-20-31(42)24-32(43)25-33(44)48-22-10-11-23-49-41(46)47/h4-9,12-19,26,31-32,42-43H,10-11,20-25H2,1-3H3,(H,39,45). The smallest absolute Gasteiger partial charge is 0.308 e. The minimum atomic E-state index is -1.13. The second kappa shape index (κ2) is 18.0. The first-order valence-electron chi connectivity index (χ1n) is 16.6. The van der Waals surface area contributed by atoms with Gasteiger partial charge in [0.1, 0.15) is 0 Å². The molecule has 0 radical (unpaired) electrons. The maximum Gasteiger partial charge on any atom is 0.308 e. The van der Waals surface area contributed by atoms with Crippen molar-refractivity contribution in [2.24, 2.45) is 0 Å². The number of aliphatic hydroxyl groups is 2. The van der Waals surface area contributed by atoms with Crippen LogP contribution < -0.4 is 5.32 Å². The summed E-state index contributed by atoms with van der Waals surface area (Å²) in [6, 6.07) is 27.3. The summed E-state index contributed by atoms with van der Waals surface area (Å²) < 4.78 is 7.24. The zero-order valence-electron chi connectivity index (χ0n) is 28.2. The van der Waals surface area contributed by atoms with E-state index in [1.165, 1.54) is 0 Å². The van der Waals surface area contributed by atoms with Crippen LogP contribution in [-0.4, -0.2) is 57.2 Å². The van der Waals surface area contributed by atoms with E-state index in [4.69, 9.17) is 4.74 Å². The molecule has 11 nitrogen and oxygen atoms in total. The van der Waals surface area contributed by atoms with Crippen molar-refractivity contribution < 1.29 is 34.5 Å². The summed E-state index contributed by atoms with van der Waals surface area (Å²) in [6.07, 6.45) is -1.43. The van der Waals surface area contributed by atoms with Crippen molar-refractivity contribution in [2.75, 3.05) is 18.5 Å². The van der Waals surface area contributed by atoms with Gasteiger partial charge in [-0.05, 0) is 61.8 Å². The number of aliphatic hydroxyl groups excluding tert-OH is 2. The summed E-state index contributed by atoms with van der Waals surface area (Å²) in [5.74, 6) is -0.923. The molecular weight excluding hydrogens is 626 g/mol. The van der Waals surface area contributed by atoms with Crippen molar-refractivity contribution in [3.8, 4) is 22.4 Å². The summed E-state index contributed by atoms with van der Waals surface area (Å²) in [4.78, 5) is 40.9. The van der Waals surface area contributed by atoms with Crippen LogP contribution in [-0.2, 0) is 20.9 Å². The number of aryl methyl sites for hydroxylation is 1. The van der Waals surface area contributed by atoms with Crippen molar-refractivity contribution in [1.82, 2.24) is 4.57 Å². The Balaban J connectivity index is 1.60. The lowest BCUT2D eigenvalue weighted by Gasteiger charge is -2.20. The molecule has 3 N–H and O–H groups in total. The summed E-state index contributed by atoms with van der Waals surface area (Å²) >= 11 is 0. The Hall–Kier alpha value is -5.00. The topological polar surface area (TPSA) is 153 Å². The van der Waals surface area contributed by atoms with E-state index in [0.29, 0.717) is 30.6 Å². The third-order valence-corrected chi connectivity index (χ3v) is 8.13. The summed E-state index contributed by atoms with van der Waals surface area (Å²) in [6.45, 7) is 6.41. The molecule has 260 valence electrons. The summed E-state index contributed by atoms with van der Waals surface area (Å²) in [7, 11) is 0. The molecular formula is C38H45N3O8. The highest BCUT2D eigenvalue weighted by atomic mass is 16.9. The number of benzene rings is 3. The Labute approximate surface area is 286 Å². The van der Waals surface area contributed by atoms with E-state index in [1.54, 1.807) is 0 Å². The highest BCUT2D eigenvalue weighted by Gasteiger charge is 2.31. The monoisotopic (exact) mass is 671 g/mol. The van der Waals surface area contributed by atoms with Gasteiger partial charge in [-0.25, -0.2) is 0 Å². The first-order valence-corrected chi connectivity index (χ1v) is 16.6. The second-order valence-corrected chi connectivity index (χ2v) is 12.4. The molecule has 4 rings (SSSR count). The lowest BCUT2D eigenvalue weighted by atomic mass is 9.94. The number of carbonyl (C=O) groups excluding carboxylic acids is 2. The summed E-state index contributed by atoms with van der Waals surface area (Å²) in [5.41, 5.74) is 6.62. The van der Waals surface area contributed by atoms with Gasteiger partial charge in [-0.1, -0.05) is 92.2 Å². The largest absolute Gasteiger partial charge is 0.466 e. The van der Waals surface area contributed by atoms with Gasteiger partial charge in [0.25, 0.3) is 11.0 Å². The fraction of sp³-hybridized carbons (Fsp3) is 0.368. The predicted molar refractivity (Wildman–Crippen MR) is 188 cm³/mol. The van der Waals surface area contributed by atoms with E-state index in [2.05, 4.69) is 14.7 Å². The van der Waals surface area contributed by atoms with Crippen molar-refractivity contribution >= 4 is 17.6 Å². The predicted octanol–water partition coefficient (Wildman–Crippen LogP) is 6.93. The molecule has 0 aliphatic carbocycles. The van der Waals surface area contributed by atoms with Crippen LogP contribution in [0.25, 0.3) is 22.4 Å². The van der Waals surface area contributed by atoms with Gasteiger partial charge in [0, 0.05) is 23.5 Å². The van der Waals surface area contributed by atoms with Crippen molar-refractivity contribution in [3.05, 3.63) is 112 Å². The Morgan fingerprint density at radius 3 is 2.14 bits per heavy atom. The number of hydrogen-bond donors (Lipinski definition) is 3. The van der Waals surface area contributed by atoms with Gasteiger partial charge in [0.2, 0.25) is 0 Å². The lowest BCUT2D eigenvalue weighted by Crippen LogP contribution is -2.23. The molecule has 0 spiro atoms. The number of carbonyl (C=O) groups is 2. The normalized spacial score (nSPS) is 12.4. The van der Waals surface area contributed by atoms with Crippen molar-refractivity contribution in [3.63, 3.8) is 0 Å². The fourth-order valence-corrected chi connectivity index (χ4v) is 5.89. The molecule has 0 aliphatic heterocycles. The molecule has 3 aromatic carbocycles. The molecule has 1 heterocycles. The minimum Gasteiger partial charge on any atom is -0.466 e. The molecule has 4 aromatic rings. The SMILES string of the molecule is Cc1ccc(-c2c(-c3ccccc3)c(C(=O)Nc3ccccc3)c(C(C)C)n2CCC(O)CC(O)CC(=O)OCCCCO[N+](=O)[O-])cc1. The van der Waals surface area contributed by atoms with Crippen LogP contribution in [0.4, 0.5) is 5.69 Å². The quantitative estimate of drug-likeness (QED) is 0.0446. The Bertz CT molecular complexity index is 1670. The number of hydrogen-bond acceptors (Lipinski definition) is 8. The number of aromatic nitrogens is 1. The Morgan fingerprint density at radius 2 is 1.51 bits per heavy atom. The molecule has 1 amide bonds. The Kier molecular flexibility index (Phi) is 13.5. The van der Waals surface area contributed by atoms with Gasteiger partial charge in [0.05, 0.1) is 43.1 Å². The van der Waals surface area contributed by atoms with Crippen LogP contribution in [0.5, 0.6) is 0 Å². The Morgan fingerprint density at radius 1 is 0.878 bits per heavy atom. The van der Waals surface area contributed by atoms with E-state index in [9.17, 15) is 29.9 Å². The zero-order chi connectivity index (χ0) is 35.3. The molecule has 2 atom stereocenters. The van der Waals surface area contributed by atoms with Crippen LogP contribution in [0, 0.1) is 17.0 Å². The fourth-order valence-electron chi connectivity index (χ4n) is 5.89. The molecule has 49 heavy (non-hydrogen) atoms. The van der Waals surface area contributed by atoms with E-state index in [0.717, 1.165) is 33.6 Å². The highest BCUT2D eigenvalue weighted by Crippen LogP contribution is 2.42. The number of rotatable bonds is 18. The average Bonchev–Trinajstić information content (AvgIpc) is 3.42. The molecule has 0 saturated heterocycles. The van der Waals surface area contributed by atoms with E-state index in [1.807, 2.05) is 106 Å². The number of anilines is 1. The van der Waals surface area contributed by atoms with E-state index >= 15 is 0 Å². The van der Waals surface area contributed by atoms with Gasteiger partial charge in [-0.15, -0.1) is 10.1 Å². The van der Waals surface area contributed by atoms with E-state index < -0.39 is 23.3 Å². The number of amides is 1. The van der Waals surface area contributed by atoms with Gasteiger partial charge in [-0.3, -0.25) is 9.59 Å². The first kappa shape index (κ1) is 36.8. The number of nitrogens with zero attached hydrogens (tertiary/aromatic N) is 2. The molecule has 0 bridgehead atoms. The molecule has 0 aliphatic rings. The van der Waals surface area contributed by atoms with Crippen molar-refractivity contribution in [1.29, 1.82) is 0 Å². The maximum absolute atomic E-state index is 14.2. The zero-order valence-corrected chi connectivity index (χ0v) is 28.2. The van der Waals surface area contributed by atoms with E-state index in [-0.39, 0.29) is 44.3 Å². The first-order chi connectivity index (χ1) is 23.5. The molecule has 1 aromatic heterocycles. The average molecular weight is 672 g/mol. The number of ether oxygens (including phenoxy) is 1. The van der Waals surface area contributed by atoms with Crippen molar-refractivity contribution in [2.45, 2.75) is 77.5 Å². The van der Waals surface area contributed by atoms with Gasteiger partial charge in [-0.2, -0.15) is 0 Å². The lowest BCUT2D eigenvalue weighted by molar-refractivity contribution is -0.757. The van der Waals surface area contributed by atoms with Crippen LogP contribution in [0.15, 0.2) is 84.9 Å². The number of para-hydroxylation sites is 1.